The average molecular weight is 440 g/mol. The number of hydrogen-bond acceptors (Lipinski definition) is 6. The number of rotatable bonds is 6. The van der Waals surface area contributed by atoms with E-state index in [4.69, 9.17) is 4.98 Å². The van der Waals surface area contributed by atoms with Gasteiger partial charge in [0.05, 0.1) is 22.5 Å². The topological polar surface area (TPSA) is 46.8 Å². The van der Waals surface area contributed by atoms with E-state index in [0.29, 0.717) is 0 Å². The molecule has 0 amide bonds. The maximum Gasteiger partial charge on any atom is 0.196 e. The fraction of sp³-hybridized carbons (Fsp3) is 0.318. The summed E-state index contributed by atoms with van der Waals surface area (Å²) >= 11 is 3.33. The van der Waals surface area contributed by atoms with Crippen LogP contribution in [0.2, 0.25) is 0 Å². The zero-order valence-corrected chi connectivity index (χ0v) is 18.1. The van der Waals surface area contributed by atoms with Crippen molar-refractivity contribution in [1.82, 2.24) is 24.6 Å². The van der Waals surface area contributed by atoms with Crippen LogP contribution in [0.15, 0.2) is 53.7 Å². The minimum absolute atomic E-state index is 0.243. The molecule has 5 rings (SSSR count). The molecule has 0 unspecified atom stereocenters. The number of halogens is 1. The summed E-state index contributed by atoms with van der Waals surface area (Å²) < 4.78 is 16.8. The number of thioether (sulfide) groups is 1. The van der Waals surface area contributed by atoms with Gasteiger partial charge in [0.2, 0.25) is 0 Å². The summed E-state index contributed by atoms with van der Waals surface area (Å²) in [6.45, 7) is 2.93. The molecule has 0 radical (unpaired) electrons. The van der Waals surface area contributed by atoms with Crippen LogP contribution in [0.4, 0.5) is 4.39 Å². The molecule has 3 heterocycles. The first kappa shape index (κ1) is 19.7. The highest BCUT2D eigenvalue weighted by Crippen LogP contribution is 2.30. The minimum atomic E-state index is -0.243. The SMILES string of the molecule is Fc1ccc(-n2c(CN3CCCCC3)nnc2SCc2nc3ccccc3s2)cc1. The van der Waals surface area contributed by atoms with Gasteiger partial charge in [-0.3, -0.25) is 9.47 Å². The van der Waals surface area contributed by atoms with Gasteiger partial charge in [0, 0.05) is 5.69 Å². The molecule has 2 aromatic carbocycles. The Kier molecular flexibility index (Phi) is 5.79. The summed E-state index contributed by atoms with van der Waals surface area (Å²) in [5, 5.41) is 10.9. The molecule has 1 saturated heterocycles. The van der Waals surface area contributed by atoms with Crippen molar-refractivity contribution in [3.63, 3.8) is 0 Å². The van der Waals surface area contributed by atoms with E-state index < -0.39 is 0 Å². The number of nitrogens with zero attached hydrogens (tertiary/aromatic N) is 5. The Morgan fingerprint density at radius 2 is 1.77 bits per heavy atom. The Bertz CT molecular complexity index is 1100. The smallest absolute Gasteiger partial charge is 0.196 e. The standard InChI is InChI=1S/C22H22FN5S2/c23-16-8-10-17(11-9-16)28-20(14-27-12-4-1-5-13-27)25-26-22(28)29-15-21-24-18-6-2-3-7-19(18)30-21/h2-3,6-11H,1,4-5,12-15H2. The van der Waals surface area contributed by atoms with E-state index in [1.807, 2.05) is 18.2 Å². The first-order valence-electron chi connectivity index (χ1n) is 10.2. The fourth-order valence-electron chi connectivity index (χ4n) is 3.77. The molecule has 0 aliphatic carbocycles. The van der Waals surface area contributed by atoms with Crippen molar-refractivity contribution in [3.05, 3.63) is 65.2 Å². The van der Waals surface area contributed by atoms with Crippen molar-refractivity contribution < 1.29 is 4.39 Å². The Labute approximate surface area is 183 Å². The van der Waals surface area contributed by atoms with Crippen molar-refractivity contribution in [2.45, 2.75) is 36.7 Å². The maximum atomic E-state index is 13.5. The molecule has 0 N–H and O–H groups in total. The Hall–Kier alpha value is -2.29. The van der Waals surface area contributed by atoms with Gasteiger partial charge in [-0.1, -0.05) is 30.3 Å². The first-order chi connectivity index (χ1) is 14.8. The van der Waals surface area contributed by atoms with Crippen molar-refractivity contribution in [2.24, 2.45) is 0 Å². The van der Waals surface area contributed by atoms with Gasteiger partial charge >= 0.3 is 0 Å². The second-order valence-electron chi connectivity index (χ2n) is 7.41. The number of thiazole rings is 1. The third-order valence-corrected chi connectivity index (χ3v) is 7.42. The van der Waals surface area contributed by atoms with Crippen LogP contribution < -0.4 is 0 Å². The molecular weight excluding hydrogens is 417 g/mol. The molecule has 8 heteroatoms. The zero-order chi connectivity index (χ0) is 20.3. The van der Waals surface area contributed by atoms with E-state index in [9.17, 15) is 4.39 Å². The number of para-hydroxylation sites is 1. The van der Waals surface area contributed by atoms with Crippen LogP contribution in [0.25, 0.3) is 15.9 Å². The molecule has 2 aromatic heterocycles. The molecule has 30 heavy (non-hydrogen) atoms. The molecule has 5 nitrogen and oxygen atoms in total. The number of likely N-dealkylation sites (tertiary alicyclic amines) is 1. The van der Waals surface area contributed by atoms with Gasteiger partial charge in [-0.25, -0.2) is 9.37 Å². The second-order valence-corrected chi connectivity index (χ2v) is 9.47. The molecule has 0 saturated carbocycles. The lowest BCUT2D eigenvalue weighted by Gasteiger charge is -2.26. The highest BCUT2D eigenvalue weighted by atomic mass is 32.2. The van der Waals surface area contributed by atoms with Crippen LogP contribution in [0.5, 0.6) is 0 Å². The first-order valence-corrected chi connectivity index (χ1v) is 12.0. The molecule has 0 atom stereocenters. The number of aromatic nitrogens is 4. The molecule has 4 aromatic rings. The second kappa shape index (κ2) is 8.83. The van der Waals surface area contributed by atoms with Crippen LogP contribution >= 0.6 is 23.1 Å². The maximum absolute atomic E-state index is 13.5. The van der Waals surface area contributed by atoms with Crippen LogP contribution in [0.1, 0.15) is 30.1 Å². The van der Waals surface area contributed by atoms with Gasteiger partial charge in [0.1, 0.15) is 10.8 Å². The lowest BCUT2D eigenvalue weighted by molar-refractivity contribution is 0.214. The Morgan fingerprint density at radius 3 is 2.57 bits per heavy atom. The number of hydrogen-bond donors (Lipinski definition) is 0. The third kappa shape index (κ3) is 4.26. The monoisotopic (exact) mass is 439 g/mol. The molecule has 154 valence electrons. The predicted octanol–water partition coefficient (Wildman–Crippen LogP) is 5.29. The molecule has 1 aliphatic heterocycles. The van der Waals surface area contributed by atoms with Crippen molar-refractivity contribution in [1.29, 1.82) is 0 Å². The summed E-state index contributed by atoms with van der Waals surface area (Å²) in [6, 6.07) is 14.7. The Balaban J connectivity index is 1.42. The van der Waals surface area contributed by atoms with Crippen LogP contribution in [-0.2, 0) is 12.3 Å². The summed E-state index contributed by atoms with van der Waals surface area (Å²) in [5.74, 6) is 1.38. The summed E-state index contributed by atoms with van der Waals surface area (Å²) in [6.07, 6.45) is 3.75. The molecular formula is C22H22FN5S2. The summed E-state index contributed by atoms with van der Waals surface area (Å²) in [5.41, 5.74) is 1.92. The van der Waals surface area contributed by atoms with Gasteiger partial charge in [0.25, 0.3) is 0 Å². The van der Waals surface area contributed by atoms with E-state index in [-0.39, 0.29) is 5.82 Å². The van der Waals surface area contributed by atoms with Gasteiger partial charge < -0.3 is 0 Å². The Morgan fingerprint density at radius 1 is 0.967 bits per heavy atom. The molecule has 1 aliphatic rings. The molecule has 1 fully saturated rings. The number of fused-ring (bicyclic) bond motifs is 1. The molecule has 0 spiro atoms. The number of benzene rings is 2. The zero-order valence-electron chi connectivity index (χ0n) is 16.5. The van der Waals surface area contributed by atoms with Crippen LogP contribution in [-0.4, -0.2) is 37.7 Å². The van der Waals surface area contributed by atoms with Gasteiger partial charge in [-0.15, -0.1) is 21.5 Å². The van der Waals surface area contributed by atoms with Gasteiger partial charge in [-0.2, -0.15) is 0 Å². The van der Waals surface area contributed by atoms with Crippen LogP contribution in [0, 0.1) is 5.82 Å². The van der Waals surface area contributed by atoms with Gasteiger partial charge in [-0.05, 0) is 62.3 Å². The average Bonchev–Trinajstić information content (AvgIpc) is 3.37. The third-order valence-electron chi connectivity index (χ3n) is 5.26. The van der Waals surface area contributed by atoms with Crippen LogP contribution in [0.3, 0.4) is 0 Å². The van der Waals surface area contributed by atoms with Crippen molar-refractivity contribution in [3.8, 4) is 5.69 Å². The van der Waals surface area contributed by atoms with E-state index in [1.54, 1.807) is 35.2 Å². The normalized spacial score (nSPS) is 15.1. The van der Waals surface area contributed by atoms with E-state index in [0.717, 1.165) is 52.6 Å². The predicted molar refractivity (Wildman–Crippen MR) is 120 cm³/mol. The number of piperidine rings is 1. The fourth-order valence-corrected chi connectivity index (χ4v) is 5.70. The lowest BCUT2D eigenvalue weighted by Crippen LogP contribution is -2.30. The van der Waals surface area contributed by atoms with E-state index in [1.165, 1.54) is 36.1 Å². The van der Waals surface area contributed by atoms with Crippen molar-refractivity contribution in [2.75, 3.05) is 13.1 Å². The van der Waals surface area contributed by atoms with E-state index >= 15 is 0 Å². The summed E-state index contributed by atoms with van der Waals surface area (Å²) in [7, 11) is 0. The highest BCUT2D eigenvalue weighted by Gasteiger charge is 2.19. The van der Waals surface area contributed by atoms with Crippen molar-refractivity contribution >= 4 is 33.3 Å². The lowest BCUT2D eigenvalue weighted by atomic mass is 10.1. The quantitative estimate of drug-likeness (QED) is 0.382. The largest absolute Gasteiger partial charge is 0.296 e. The molecule has 0 bridgehead atoms. The summed E-state index contributed by atoms with van der Waals surface area (Å²) in [4.78, 5) is 7.15. The van der Waals surface area contributed by atoms with E-state index in [2.05, 4.69) is 25.7 Å². The highest BCUT2D eigenvalue weighted by molar-refractivity contribution is 7.98. The van der Waals surface area contributed by atoms with Gasteiger partial charge in [0.15, 0.2) is 11.0 Å². The minimum Gasteiger partial charge on any atom is -0.296 e.